The van der Waals surface area contributed by atoms with Crippen LogP contribution >= 0.6 is 22.9 Å². The van der Waals surface area contributed by atoms with Gasteiger partial charge in [-0.25, -0.2) is 4.79 Å². The predicted octanol–water partition coefficient (Wildman–Crippen LogP) is 5.48. The van der Waals surface area contributed by atoms with Crippen LogP contribution in [0.25, 0.3) is 11.1 Å². The van der Waals surface area contributed by atoms with E-state index in [1.807, 2.05) is 55.6 Å². The highest BCUT2D eigenvalue weighted by Gasteiger charge is 2.17. The highest BCUT2D eigenvalue weighted by Crippen LogP contribution is 2.29. The molecular formula is C21H18ClNO3S. The van der Waals surface area contributed by atoms with Crippen LogP contribution in [0.2, 0.25) is 5.02 Å². The summed E-state index contributed by atoms with van der Waals surface area (Å²) in [4.78, 5) is 25.0. The summed E-state index contributed by atoms with van der Waals surface area (Å²) in [6, 6.07) is 15.1. The van der Waals surface area contributed by atoms with E-state index in [4.69, 9.17) is 16.3 Å². The van der Waals surface area contributed by atoms with Crippen LogP contribution in [-0.2, 0) is 9.53 Å². The quantitative estimate of drug-likeness (QED) is 0.578. The van der Waals surface area contributed by atoms with E-state index in [9.17, 15) is 9.59 Å². The number of nitrogens with one attached hydrogen (secondary N) is 1. The monoisotopic (exact) mass is 399 g/mol. The van der Waals surface area contributed by atoms with Crippen LogP contribution in [0.3, 0.4) is 0 Å². The Morgan fingerprint density at radius 1 is 1.04 bits per heavy atom. The van der Waals surface area contributed by atoms with Crippen molar-refractivity contribution < 1.29 is 14.3 Å². The van der Waals surface area contributed by atoms with Gasteiger partial charge >= 0.3 is 5.97 Å². The fourth-order valence-corrected chi connectivity index (χ4v) is 3.62. The zero-order valence-corrected chi connectivity index (χ0v) is 16.5. The molecule has 1 N–H and O–H groups in total. The number of carbonyl (C=O) groups excluding carboxylic acids is 2. The maximum atomic E-state index is 12.4. The Bertz CT molecular complexity index is 979. The number of hydrogen-bond donors (Lipinski definition) is 1. The van der Waals surface area contributed by atoms with Gasteiger partial charge < -0.3 is 10.1 Å². The number of ether oxygens (including phenoxy) is 1. The molecule has 0 radical (unpaired) electrons. The topological polar surface area (TPSA) is 55.4 Å². The number of benzene rings is 2. The van der Waals surface area contributed by atoms with Gasteiger partial charge in [0.2, 0.25) is 0 Å². The molecule has 0 aliphatic rings. The summed E-state index contributed by atoms with van der Waals surface area (Å²) in [5.41, 5.74) is 4.35. The smallest absolute Gasteiger partial charge is 0.349 e. The fourth-order valence-electron chi connectivity index (χ4n) is 2.53. The molecule has 0 saturated carbocycles. The van der Waals surface area contributed by atoms with Crippen LogP contribution in [-0.4, -0.2) is 18.5 Å². The minimum atomic E-state index is -0.522. The molecule has 27 heavy (non-hydrogen) atoms. The van der Waals surface area contributed by atoms with Crippen LogP contribution in [0.15, 0.2) is 53.9 Å². The first-order valence-electron chi connectivity index (χ1n) is 8.31. The predicted molar refractivity (Wildman–Crippen MR) is 110 cm³/mol. The van der Waals surface area contributed by atoms with Gasteiger partial charge in [0.1, 0.15) is 4.88 Å². The molecule has 4 nitrogen and oxygen atoms in total. The van der Waals surface area contributed by atoms with Crippen LogP contribution < -0.4 is 5.32 Å². The van der Waals surface area contributed by atoms with E-state index in [1.165, 1.54) is 11.3 Å². The first-order valence-corrected chi connectivity index (χ1v) is 9.57. The minimum absolute atomic E-state index is 0.381. The number of amides is 1. The van der Waals surface area contributed by atoms with Crippen LogP contribution in [0, 0.1) is 13.8 Å². The molecule has 0 fully saturated rings. The molecule has 0 spiro atoms. The summed E-state index contributed by atoms with van der Waals surface area (Å²) in [5.74, 6) is -0.965. The lowest BCUT2D eigenvalue weighted by Crippen LogP contribution is -2.21. The summed E-state index contributed by atoms with van der Waals surface area (Å²) in [5, 5.41) is 4.92. The number of halogens is 1. The van der Waals surface area contributed by atoms with E-state index in [2.05, 4.69) is 5.32 Å². The van der Waals surface area contributed by atoms with Crippen molar-refractivity contribution in [3.8, 4) is 11.1 Å². The van der Waals surface area contributed by atoms with E-state index >= 15 is 0 Å². The average Bonchev–Trinajstić information content (AvgIpc) is 3.12. The third-order valence-electron chi connectivity index (χ3n) is 3.95. The van der Waals surface area contributed by atoms with Gasteiger partial charge in [0.15, 0.2) is 6.61 Å². The molecule has 1 amide bonds. The van der Waals surface area contributed by atoms with Crippen molar-refractivity contribution in [1.82, 2.24) is 0 Å². The Morgan fingerprint density at radius 2 is 1.74 bits per heavy atom. The van der Waals surface area contributed by atoms with Crippen molar-refractivity contribution in [1.29, 1.82) is 0 Å². The molecular weight excluding hydrogens is 382 g/mol. The average molecular weight is 400 g/mol. The van der Waals surface area contributed by atoms with E-state index in [-0.39, 0.29) is 6.61 Å². The van der Waals surface area contributed by atoms with Crippen molar-refractivity contribution >= 4 is 40.5 Å². The lowest BCUT2D eigenvalue weighted by molar-refractivity contribution is -0.119. The summed E-state index contributed by atoms with van der Waals surface area (Å²) in [6.07, 6.45) is 0. The minimum Gasteiger partial charge on any atom is -0.451 e. The number of aryl methyl sites for hydroxylation is 2. The summed E-state index contributed by atoms with van der Waals surface area (Å²) < 4.78 is 5.19. The van der Waals surface area contributed by atoms with Gasteiger partial charge in [-0.1, -0.05) is 47.5 Å². The van der Waals surface area contributed by atoms with Gasteiger partial charge in [-0.3, -0.25) is 4.79 Å². The highest BCUT2D eigenvalue weighted by molar-refractivity contribution is 7.12. The van der Waals surface area contributed by atoms with Gasteiger partial charge in [-0.2, -0.15) is 0 Å². The standard InChI is InChI=1S/C21H18ClNO3S/c1-13-3-6-15(7-4-13)16-9-10-27-20(16)21(25)26-12-19(24)23-18-8-5-14(2)11-17(18)22/h3-11H,12H2,1-2H3,(H,23,24). The molecule has 0 saturated heterocycles. The molecule has 1 heterocycles. The first kappa shape index (κ1) is 19.1. The molecule has 0 aliphatic carbocycles. The number of esters is 1. The highest BCUT2D eigenvalue weighted by atomic mass is 35.5. The first-order chi connectivity index (χ1) is 12.9. The van der Waals surface area contributed by atoms with Gasteiger partial charge in [0.05, 0.1) is 10.7 Å². The van der Waals surface area contributed by atoms with Crippen LogP contribution in [0.5, 0.6) is 0 Å². The lowest BCUT2D eigenvalue weighted by atomic mass is 10.1. The largest absolute Gasteiger partial charge is 0.451 e. The molecule has 0 bridgehead atoms. The van der Waals surface area contributed by atoms with Crippen molar-refractivity contribution in [3.05, 3.63) is 74.9 Å². The molecule has 0 unspecified atom stereocenters. The third kappa shape index (κ3) is 4.76. The summed E-state index contributed by atoms with van der Waals surface area (Å²) in [6.45, 7) is 3.53. The normalized spacial score (nSPS) is 10.5. The molecule has 1 aromatic heterocycles. The molecule has 3 aromatic rings. The number of anilines is 1. The Hall–Kier alpha value is -2.63. The lowest BCUT2D eigenvalue weighted by Gasteiger charge is -2.09. The molecule has 0 aliphatic heterocycles. The molecule has 3 rings (SSSR count). The van der Waals surface area contributed by atoms with E-state index in [1.54, 1.807) is 12.1 Å². The van der Waals surface area contributed by atoms with Crippen molar-refractivity contribution in [2.45, 2.75) is 13.8 Å². The fraction of sp³-hybridized carbons (Fsp3) is 0.143. The van der Waals surface area contributed by atoms with Gasteiger partial charge in [-0.05, 0) is 48.6 Å². The molecule has 6 heteroatoms. The van der Waals surface area contributed by atoms with E-state index in [0.29, 0.717) is 15.6 Å². The zero-order valence-electron chi connectivity index (χ0n) is 14.9. The zero-order chi connectivity index (χ0) is 19.4. The number of carbonyl (C=O) groups is 2. The van der Waals surface area contributed by atoms with Gasteiger partial charge in [-0.15, -0.1) is 11.3 Å². The Morgan fingerprint density at radius 3 is 2.44 bits per heavy atom. The van der Waals surface area contributed by atoms with Crippen molar-refractivity contribution in [2.75, 3.05) is 11.9 Å². The second-order valence-electron chi connectivity index (χ2n) is 6.14. The van der Waals surface area contributed by atoms with Crippen molar-refractivity contribution in [3.63, 3.8) is 0 Å². The maximum Gasteiger partial charge on any atom is 0.349 e. The summed E-state index contributed by atoms with van der Waals surface area (Å²) >= 11 is 7.39. The van der Waals surface area contributed by atoms with E-state index < -0.39 is 11.9 Å². The number of thiophene rings is 1. The Labute approximate surface area is 166 Å². The van der Waals surface area contributed by atoms with Gasteiger partial charge in [0, 0.05) is 5.56 Å². The van der Waals surface area contributed by atoms with Crippen LogP contribution in [0.1, 0.15) is 20.8 Å². The second kappa shape index (κ2) is 8.37. The number of hydrogen-bond acceptors (Lipinski definition) is 4. The number of rotatable bonds is 5. The SMILES string of the molecule is Cc1ccc(-c2ccsc2C(=O)OCC(=O)Nc2ccc(C)cc2Cl)cc1. The Balaban J connectivity index is 1.64. The maximum absolute atomic E-state index is 12.4. The third-order valence-corrected chi connectivity index (χ3v) is 5.15. The summed E-state index contributed by atoms with van der Waals surface area (Å²) in [7, 11) is 0. The van der Waals surface area contributed by atoms with Gasteiger partial charge in [0.25, 0.3) is 5.91 Å². The second-order valence-corrected chi connectivity index (χ2v) is 7.46. The molecule has 0 atom stereocenters. The van der Waals surface area contributed by atoms with E-state index in [0.717, 1.165) is 22.3 Å². The van der Waals surface area contributed by atoms with Crippen molar-refractivity contribution in [2.24, 2.45) is 0 Å². The van der Waals surface area contributed by atoms with Crippen LogP contribution in [0.4, 0.5) is 5.69 Å². The molecule has 138 valence electrons. The molecule has 2 aromatic carbocycles. The Kier molecular flexibility index (Phi) is 5.94.